The van der Waals surface area contributed by atoms with E-state index in [0.29, 0.717) is 40.3 Å². The summed E-state index contributed by atoms with van der Waals surface area (Å²) in [5.41, 5.74) is 1.25. The second-order valence-electron chi connectivity index (χ2n) is 6.17. The van der Waals surface area contributed by atoms with Crippen LogP contribution in [0.15, 0.2) is 58.1 Å². The molecule has 0 amide bonds. The van der Waals surface area contributed by atoms with E-state index in [4.69, 9.17) is 4.42 Å². The number of thioether (sulfide) groups is 1. The van der Waals surface area contributed by atoms with E-state index < -0.39 is 11.7 Å². The van der Waals surface area contributed by atoms with Gasteiger partial charge in [0.25, 0.3) is 0 Å². The summed E-state index contributed by atoms with van der Waals surface area (Å²) in [5.74, 6) is 1.28. The molecule has 0 spiro atoms. The topological polar surface area (TPSA) is 56.7 Å². The van der Waals surface area contributed by atoms with Crippen LogP contribution in [0.4, 0.5) is 13.2 Å². The summed E-state index contributed by atoms with van der Waals surface area (Å²) in [6.45, 7) is 2.19. The molecule has 0 N–H and O–H groups in total. The second kappa shape index (κ2) is 7.31. The molecule has 0 atom stereocenters. The number of hydrogen-bond acceptors (Lipinski definition) is 5. The lowest BCUT2D eigenvalue weighted by atomic mass is 10.2. The molecule has 4 aromatic rings. The minimum Gasteiger partial charge on any atom is -0.425 e. The lowest BCUT2D eigenvalue weighted by molar-refractivity contribution is -0.137. The summed E-state index contributed by atoms with van der Waals surface area (Å²) >= 11 is 1.35. The van der Waals surface area contributed by atoms with Crippen LogP contribution in [0.2, 0.25) is 0 Å². The molecule has 4 rings (SSSR count). The molecular weight excluding hydrogens is 389 g/mol. The van der Waals surface area contributed by atoms with Gasteiger partial charge in [-0.2, -0.15) is 13.2 Å². The molecule has 28 heavy (non-hydrogen) atoms. The number of nitrogens with zero attached hydrogens (tertiary/aromatic N) is 4. The summed E-state index contributed by atoms with van der Waals surface area (Å²) in [6, 6.07) is 13.3. The van der Waals surface area contributed by atoms with Crippen molar-refractivity contribution < 1.29 is 17.6 Å². The first-order valence-corrected chi connectivity index (χ1v) is 9.42. The summed E-state index contributed by atoms with van der Waals surface area (Å²) in [6.07, 6.45) is -4.41. The molecule has 0 aliphatic heterocycles. The van der Waals surface area contributed by atoms with Crippen molar-refractivity contribution in [1.82, 2.24) is 19.7 Å². The van der Waals surface area contributed by atoms with E-state index in [1.54, 1.807) is 6.92 Å². The number of alkyl halides is 3. The zero-order valence-corrected chi connectivity index (χ0v) is 15.6. The van der Waals surface area contributed by atoms with Crippen LogP contribution in [0, 0.1) is 6.92 Å². The average molecular weight is 404 g/mol. The number of benzene rings is 2. The Bertz CT molecular complexity index is 1110. The van der Waals surface area contributed by atoms with Crippen LogP contribution in [-0.4, -0.2) is 19.7 Å². The Morgan fingerprint density at radius 2 is 1.86 bits per heavy atom. The molecule has 0 aliphatic rings. The van der Waals surface area contributed by atoms with Crippen molar-refractivity contribution in [1.29, 1.82) is 0 Å². The van der Waals surface area contributed by atoms with Gasteiger partial charge < -0.3 is 8.98 Å². The summed E-state index contributed by atoms with van der Waals surface area (Å²) in [4.78, 5) is 4.44. The van der Waals surface area contributed by atoms with Crippen LogP contribution in [0.25, 0.3) is 11.0 Å². The highest BCUT2D eigenvalue weighted by Crippen LogP contribution is 2.33. The van der Waals surface area contributed by atoms with Gasteiger partial charge >= 0.3 is 6.18 Å². The highest BCUT2D eigenvalue weighted by atomic mass is 32.2. The van der Waals surface area contributed by atoms with Gasteiger partial charge in [0.1, 0.15) is 0 Å². The lowest BCUT2D eigenvalue weighted by Crippen LogP contribution is -2.05. The molecule has 0 aliphatic carbocycles. The van der Waals surface area contributed by atoms with Crippen molar-refractivity contribution in [2.24, 2.45) is 0 Å². The number of halogens is 3. The maximum atomic E-state index is 13.1. The van der Waals surface area contributed by atoms with Crippen molar-refractivity contribution >= 4 is 22.8 Å². The number of fused-ring (bicyclic) bond motifs is 1. The molecule has 0 saturated heterocycles. The SMILES string of the molecule is Cc1nnc(CSc2nc3cc(C(F)(F)F)ccc3n2Cc2ccccc2)o1. The molecule has 0 saturated carbocycles. The zero-order chi connectivity index (χ0) is 19.7. The Hall–Kier alpha value is -2.81. The highest BCUT2D eigenvalue weighted by Gasteiger charge is 2.31. The maximum absolute atomic E-state index is 13.1. The van der Waals surface area contributed by atoms with Gasteiger partial charge in [0.05, 0.1) is 28.9 Å². The summed E-state index contributed by atoms with van der Waals surface area (Å²) in [5, 5.41) is 8.33. The quantitative estimate of drug-likeness (QED) is 0.434. The third-order valence-corrected chi connectivity index (χ3v) is 5.08. The lowest BCUT2D eigenvalue weighted by Gasteiger charge is -2.09. The van der Waals surface area contributed by atoms with E-state index in [9.17, 15) is 13.2 Å². The number of rotatable bonds is 5. The maximum Gasteiger partial charge on any atom is 0.416 e. The monoisotopic (exact) mass is 404 g/mol. The predicted octanol–water partition coefficient (Wildman–Crippen LogP) is 5.09. The Balaban J connectivity index is 1.73. The van der Waals surface area contributed by atoms with Gasteiger partial charge in [-0.1, -0.05) is 42.1 Å². The molecule has 144 valence electrons. The van der Waals surface area contributed by atoms with Crippen LogP contribution < -0.4 is 0 Å². The van der Waals surface area contributed by atoms with E-state index in [-0.39, 0.29) is 0 Å². The van der Waals surface area contributed by atoms with Gasteiger partial charge in [0.2, 0.25) is 11.8 Å². The van der Waals surface area contributed by atoms with E-state index in [1.807, 2.05) is 34.9 Å². The molecule has 2 heterocycles. The van der Waals surface area contributed by atoms with Crippen LogP contribution in [0.1, 0.15) is 22.9 Å². The van der Waals surface area contributed by atoms with Crippen LogP contribution in [0.5, 0.6) is 0 Å². The number of aryl methyl sites for hydroxylation is 1. The smallest absolute Gasteiger partial charge is 0.416 e. The van der Waals surface area contributed by atoms with E-state index in [2.05, 4.69) is 15.2 Å². The first kappa shape index (κ1) is 18.5. The number of imidazole rings is 1. The molecule has 5 nitrogen and oxygen atoms in total. The van der Waals surface area contributed by atoms with Gasteiger partial charge in [-0.15, -0.1) is 10.2 Å². The van der Waals surface area contributed by atoms with Crippen molar-refractivity contribution in [3.8, 4) is 0 Å². The van der Waals surface area contributed by atoms with E-state index in [1.165, 1.54) is 17.8 Å². The minimum atomic E-state index is -4.41. The first-order valence-electron chi connectivity index (χ1n) is 8.43. The number of aromatic nitrogens is 4. The molecule has 2 aromatic heterocycles. The Kier molecular flexibility index (Phi) is 4.84. The standard InChI is InChI=1S/C19H15F3N4OS/c1-12-24-25-17(27-12)11-28-18-23-15-9-14(19(20,21)22)7-8-16(15)26(18)10-13-5-3-2-4-6-13/h2-9H,10-11H2,1H3. The molecule has 2 aromatic carbocycles. The average Bonchev–Trinajstić information content (AvgIpc) is 3.23. The normalized spacial score (nSPS) is 12.0. The fourth-order valence-corrected chi connectivity index (χ4v) is 3.69. The van der Waals surface area contributed by atoms with Crippen LogP contribution in [0.3, 0.4) is 0 Å². The summed E-state index contributed by atoms with van der Waals surface area (Å²) < 4.78 is 46.5. The van der Waals surface area contributed by atoms with Crippen molar-refractivity contribution in [3.63, 3.8) is 0 Å². The molecule has 0 unspecified atom stereocenters. The second-order valence-corrected chi connectivity index (χ2v) is 7.11. The molecule has 9 heteroatoms. The van der Waals surface area contributed by atoms with Crippen molar-refractivity contribution in [3.05, 3.63) is 71.4 Å². The Labute approximate surface area is 162 Å². The van der Waals surface area contributed by atoms with Crippen LogP contribution in [-0.2, 0) is 18.5 Å². The zero-order valence-electron chi connectivity index (χ0n) is 14.8. The van der Waals surface area contributed by atoms with Gasteiger partial charge in [-0.3, -0.25) is 0 Å². The Morgan fingerprint density at radius 1 is 1.07 bits per heavy atom. The van der Waals surface area contributed by atoms with Gasteiger partial charge in [-0.05, 0) is 23.8 Å². The van der Waals surface area contributed by atoms with Gasteiger partial charge in [0.15, 0.2) is 5.16 Å². The fraction of sp³-hybridized carbons (Fsp3) is 0.211. The number of hydrogen-bond donors (Lipinski definition) is 0. The molecule has 0 bridgehead atoms. The van der Waals surface area contributed by atoms with Crippen molar-refractivity contribution in [2.75, 3.05) is 0 Å². The predicted molar refractivity (Wildman–Crippen MR) is 98.9 cm³/mol. The summed E-state index contributed by atoms with van der Waals surface area (Å²) in [7, 11) is 0. The fourth-order valence-electron chi connectivity index (χ4n) is 2.84. The van der Waals surface area contributed by atoms with Crippen molar-refractivity contribution in [2.45, 2.75) is 30.6 Å². The molecule has 0 fully saturated rings. The van der Waals surface area contributed by atoms with E-state index >= 15 is 0 Å². The van der Waals surface area contributed by atoms with Crippen LogP contribution >= 0.6 is 11.8 Å². The highest BCUT2D eigenvalue weighted by molar-refractivity contribution is 7.98. The van der Waals surface area contributed by atoms with Gasteiger partial charge in [0, 0.05) is 6.92 Å². The first-order chi connectivity index (χ1) is 13.4. The van der Waals surface area contributed by atoms with Gasteiger partial charge in [-0.25, -0.2) is 4.98 Å². The minimum absolute atomic E-state index is 0.301. The molecule has 0 radical (unpaired) electrons. The third-order valence-electron chi connectivity index (χ3n) is 4.12. The third kappa shape index (κ3) is 3.89. The largest absolute Gasteiger partial charge is 0.425 e. The Morgan fingerprint density at radius 3 is 2.54 bits per heavy atom. The van der Waals surface area contributed by atoms with E-state index in [0.717, 1.165) is 17.7 Å². The molecular formula is C19H15F3N4OS.